The lowest BCUT2D eigenvalue weighted by molar-refractivity contribution is 0.341. The van der Waals surface area contributed by atoms with Crippen molar-refractivity contribution in [1.29, 1.82) is 0 Å². The second-order valence-corrected chi connectivity index (χ2v) is 4.99. The highest BCUT2D eigenvalue weighted by Gasteiger charge is 2.16. The summed E-state index contributed by atoms with van der Waals surface area (Å²) >= 11 is 1.57. The van der Waals surface area contributed by atoms with Gasteiger partial charge in [0, 0.05) is 10.6 Å². The SMILES string of the molecule is Nc1ccc(SCCC2CNC2)c(F)c1. The van der Waals surface area contributed by atoms with Crippen molar-refractivity contribution in [2.45, 2.75) is 11.3 Å². The summed E-state index contributed by atoms with van der Waals surface area (Å²) in [7, 11) is 0. The number of nitrogen functional groups attached to an aromatic ring is 1. The minimum atomic E-state index is -0.202. The van der Waals surface area contributed by atoms with Crippen LogP contribution in [0.25, 0.3) is 0 Å². The lowest BCUT2D eigenvalue weighted by atomic mass is 10.0. The molecule has 0 bridgehead atoms. The van der Waals surface area contributed by atoms with Gasteiger partial charge in [-0.2, -0.15) is 0 Å². The third-order valence-corrected chi connectivity index (χ3v) is 3.69. The maximum Gasteiger partial charge on any atom is 0.138 e. The first-order valence-corrected chi connectivity index (χ1v) is 6.13. The number of nitrogens with one attached hydrogen (secondary N) is 1. The minimum Gasteiger partial charge on any atom is -0.399 e. The van der Waals surface area contributed by atoms with Crippen LogP contribution in [0, 0.1) is 11.7 Å². The lowest BCUT2D eigenvalue weighted by Crippen LogP contribution is -2.42. The van der Waals surface area contributed by atoms with Gasteiger partial charge in [0.1, 0.15) is 5.82 Å². The van der Waals surface area contributed by atoms with Crippen LogP contribution in [0.5, 0.6) is 0 Å². The van der Waals surface area contributed by atoms with Gasteiger partial charge in [-0.15, -0.1) is 11.8 Å². The van der Waals surface area contributed by atoms with Gasteiger partial charge in [-0.05, 0) is 49.4 Å². The Morgan fingerprint density at radius 2 is 2.27 bits per heavy atom. The predicted molar refractivity (Wildman–Crippen MR) is 62.5 cm³/mol. The number of rotatable bonds is 4. The molecule has 82 valence electrons. The van der Waals surface area contributed by atoms with Crippen LogP contribution in [-0.2, 0) is 0 Å². The predicted octanol–water partition coefficient (Wildman–Crippen LogP) is 2.11. The first-order chi connectivity index (χ1) is 7.25. The second-order valence-electron chi connectivity index (χ2n) is 3.85. The summed E-state index contributed by atoms with van der Waals surface area (Å²) < 4.78 is 13.4. The van der Waals surface area contributed by atoms with Crippen molar-refractivity contribution in [1.82, 2.24) is 5.32 Å². The van der Waals surface area contributed by atoms with E-state index in [-0.39, 0.29) is 5.82 Å². The fraction of sp³-hybridized carbons (Fsp3) is 0.455. The van der Waals surface area contributed by atoms with Crippen LogP contribution in [0.4, 0.5) is 10.1 Å². The standard InChI is InChI=1S/C11H15FN2S/c12-10-5-9(13)1-2-11(10)15-4-3-8-6-14-7-8/h1-2,5,8,14H,3-4,6-7,13H2. The van der Waals surface area contributed by atoms with E-state index in [1.54, 1.807) is 23.9 Å². The molecule has 1 fully saturated rings. The molecular weight excluding hydrogens is 211 g/mol. The summed E-state index contributed by atoms with van der Waals surface area (Å²) in [6.07, 6.45) is 1.15. The number of thioether (sulfide) groups is 1. The zero-order valence-corrected chi connectivity index (χ0v) is 9.32. The first-order valence-electron chi connectivity index (χ1n) is 5.14. The zero-order valence-electron chi connectivity index (χ0n) is 8.50. The van der Waals surface area contributed by atoms with Gasteiger partial charge in [-0.1, -0.05) is 0 Å². The van der Waals surface area contributed by atoms with Gasteiger partial charge in [0.15, 0.2) is 0 Å². The highest BCUT2D eigenvalue weighted by molar-refractivity contribution is 7.99. The Bertz CT molecular complexity index is 339. The smallest absolute Gasteiger partial charge is 0.138 e. The van der Waals surface area contributed by atoms with Gasteiger partial charge in [0.25, 0.3) is 0 Å². The minimum absolute atomic E-state index is 0.202. The van der Waals surface area contributed by atoms with E-state index in [2.05, 4.69) is 5.32 Å². The third-order valence-electron chi connectivity index (χ3n) is 2.61. The maximum atomic E-state index is 13.4. The summed E-state index contributed by atoms with van der Waals surface area (Å²) in [5.74, 6) is 1.56. The molecule has 0 aliphatic carbocycles. The maximum absolute atomic E-state index is 13.4. The molecule has 2 rings (SSSR count). The number of hydrogen-bond acceptors (Lipinski definition) is 3. The summed E-state index contributed by atoms with van der Waals surface area (Å²) in [5, 5.41) is 3.23. The average molecular weight is 226 g/mol. The Balaban J connectivity index is 1.81. The van der Waals surface area contributed by atoms with E-state index in [0.29, 0.717) is 10.6 Å². The molecule has 0 amide bonds. The van der Waals surface area contributed by atoms with Crippen LogP contribution in [0.3, 0.4) is 0 Å². The normalized spacial score (nSPS) is 16.3. The van der Waals surface area contributed by atoms with Crippen LogP contribution in [0.15, 0.2) is 23.1 Å². The molecule has 3 N–H and O–H groups in total. The topological polar surface area (TPSA) is 38.0 Å². The van der Waals surface area contributed by atoms with Crippen LogP contribution < -0.4 is 11.1 Å². The molecule has 1 heterocycles. The van der Waals surface area contributed by atoms with Crippen molar-refractivity contribution in [3.63, 3.8) is 0 Å². The molecule has 1 aliphatic rings. The molecule has 0 unspecified atom stereocenters. The van der Waals surface area contributed by atoms with Crippen molar-refractivity contribution in [2.24, 2.45) is 5.92 Å². The van der Waals surface area contributed by atoms with Crippen molar-refractivity contribution in [2.75, 3.05) is 24.6 Å². The van der Waals surface area contributed by atoms with Crippen molar-refractivity contribution in [3.05, 3.63) is 24.0 Å². The Morgan fingerprint density at radius 1 is 1.47 bits per heavy atom. The number of halogens is 1. The molecule has 15 heavy (non-hydrogen) atoms. The molecular formula is C11H15FN2S. The summed E-state index contributed by atoms with van der Waals surface area (Å²) in [6, 6.07) is 4.89. The van der Waals surface area contributed by atoms with E-state index in [0.717, 1.165) is 31.2 Å². The van der Waals surface area contributed by atoms with Crippen LogP contribution in [0.2, 0.25) is 0 Å². The van der Waals surface area contributed by atoms with E-state index in [1.165, 1.54) is 6.07 Å². The first kappa shape index (κ1) is 10.8. The van der Waals surface area contributed by atoms with Gasteiger partial charge >= 0.3 is 0 Å². The molecule has 0 spiro atoms. The molecule has 0 atom stereocenters. The van der Waals surface area contributed by atoms with Crippen LogP contribution in [-0.4, -0.2) is 18.8 Å². The van der Waals surface area contributed by atoms with Crippen molar-refractivity contribution >= 4 is 17.4 Å². The summed E-state index contributed by atoms with van der Waals surface area (Å²) in [5.41, 5.74) is 5.96. The van der Waals surface area contributed by atoms with Gasteiger partial charge < -0.3 is 11.1 Å². The second kappa shape index (κ2) is 4.86. The molecule has 1 aromatic carbocycles. The number of nitrogens with two attached hydrogens (primary N) is 1. The zero-order chi connectivity index (χ0) is 10.7. The van der Waals surface area contributed by atoms with Gasteiger partial charge in [0.05, 0.1) is 0 Å². The van der Waals surface area contributed by atoms with E-state index in [9.17, 15) is 4.39 Å². The Kier molecular flexibility index (Phi) is 3.49. The van der Waals surface area contributed by atoms with E-state index in [1.807, 2.05) is 0 Å². The molecule has 1 aromatic rings. The molecule has 2 nitrogen and oxygen atoms in total. The van der Waals surface area contributed by atoms with Crippen LogP contribution >= 0.6 is 11.8 Å². The molecule has 0 aromatic heterocycles. The molecule has 0 radical (unpaired) electrons. The highest BCUT2D eigenvalue weighted by atomic mass is 32.2. The fourth-order valence-corrected chi connectivity index (χ4v) is 2.55. The Morgan fingerprint density at radius 3 is 2.87 bits per heavy atom. The number of hydrogen-bond donors (Lipinski definition) is 2. The number of benzene rings is 1. The monoisotopic (exact) mass is 226 g/mol. The Hall–Kier alpha value is -0.740. The lowest BCUT2D eigenvalue weighted by Gasteiger charge is -2.26. The summed E-state index contributed by atoms with van der Waals surface area (Å²) in [6.45, 7) is 2.23. The number of anilines is 1. The van der Waals surface area contributed by atoms with Gasteiger partial charge in [0.2, 0.25) is 0 Å². The van der Waals surface area contributed by atoms with E-state index < -0.39 is 0 Å². The quantitative estimate of drug-likeness (QED) is 0.610. The van der Waals surface area contributed by atoms with E-state index in [4.69, 9.17) is 5.73 Å². The van der Waals surface area contributed by atoms with Crippen molar-refractivity contribution < 1.29 is 4.39 Å². The van der Waals surface area contributed by atoms with E-state index >= 15 is 0 Å². The molecule has 1 aliphatic heterocycles. The Labute approximate surface area is 93.4 Å². The molecule has 4 heteroatoms. The molecule has 1 saturated heterocycles. The van der Waals surface area contributed by atoms with Crippen molar-refractivity contribution in [3.8, 4) is 0 Å². The molecule has 0 saturated carbocycles. The van der Waals surface area contributed by atoms with Gasteiger partial charge in [-0.3, -0.25) is 0 Å². The summed E-state index contributed by atoms with van der Waals surface area (Å²) in [4.78, 5) is 0.705. The van der Waals surface area contributed by atoms with Gasteiger partial charge in [-0.25, -0.2) is 4.39 Å². The highest BCUT2D eigenvalue weighted by Crippen LogP contribution is 2.25. The fourth-order valence-electron chi connectivity index (χ4n) is 1.52. The largest absolute Gasteiger partial charge is 0.399 e. The average Bonchev–Trinajstić information content (AvgIpc) is 2.12. The third kappa shape index (κ3) is 2.86. The van der Waals surface area contributed by atoms with Crippen LogP contribution in [0.1, 0.15) is 6.42 Å².